The van der Waals surface area contributed by atoms with E-state index in [9.17, 15) is 19.7 Å². The number of Topliss-reactive ketones (excluding diaryl/α,β-unsaturated/α-hetero) is 1. The Hall–Kier alpha value is -2.96. The van der Waals surface area contributed by atoms with Crippen LogP contribution in [0.3, 0.4) is 0 Å². The van der Waals surface area contributed by atoms with Crippen LogP contribution >= 0.6 is 0 Å². The average molecular weight is 354 g/mol. The summed E-state index contributed by atoms with van der Waals surface area (Å²) in [6, 6.07) is 6.27. The SMILES string of the molecule is CC1(C)CCC2=C(C1=O)C(c1ccccc1[N+](=O)[O-])C1=C(COC1=O)N2. The van der Waals surface area contributed by atoms with Crippen molar-refractivity contribution < 1.29 is 19.2 Å². The van der Waals surface area contributed by atoms with Crippen LogP contribution in [0.2, 0.25) is 0 Å². The molecule has 0 radical (unpaired) electrons. The van der Waals surface area contributed by atoms with E-state index in [0.717, 1.165) is 5.70 Å². The highest BCUT2D eigenvalue weighted by atomic mass is 16.6. The van der Waals surface area contributed by atoms with E-state index in [-0.39, 0.29) is 18.1 Å². The maximum atomic E-state index is 13.2. The molecule has 1 aliphatic carbocycles. The fourth-order valence-electron chi connectivity index (χ4n) is 3.97. The van der Waals surface area contributed by atoms with E-state index in [2.05, 4.69) is 5.32 Å². The standard InChI is InChI=1S/C19H18N2O5/c1-19(2)8-7-11-15(17(19)22)14(16-12(20-11)9-26-18(16)23)10-5-3-4-6-13(10)21(24)25/h3-6,14,20H,7-9H2,1-2H3. The molecule has 1 unspecified atom stereocenters. The molecule has 0 saturated carbocycles. The first kappa shape index (κ1) is 16.5. The maximum absolute atomic E-state index is 13.2. The summed E-state index contributed by atoms with van der Waals surface area (Å²) in [5.41, 5.74) is 1.78. The van der Waals surface area contributed by atoms with Crippen molar-refractivity contribution in [3.8, 4) is 0 Å². The molecule has 134 valence electrons. The number of nitrogens with one attached hydrogen (secondary N) is 1. The molecule has 0 bridgehead atoms. The third kappa shape index (κ3) is 2.27. The monoisotopic (exact) mass is 354 g/mol. The molecular formula is C19H18N2O5. The summed E-state index contributed by atoms with van der Waals surface area (Å²) in [6.45, 7) is 3.83. The van der Waals surface area contributed by atoms with Crippen molar-refractivity contribution in [3.05, 3.63) is 62.5 Å². The molecule has 0 spiro atoms. The van der Waals surface area contributed by atoms with Crippen LogP contribution < -0.4 is 5.32 Å². The van der Waals surface area contributed by atoms with Gasteiger partial charge in [-0.2, -0.15) is 0 Å². The fraction of sp³-hybridized carbons (Fsp3) is 0.368. The number of carbonyl (C=O) groups excluding carboxylic acids is 2. The molecule has 26 heavy (non-hydrogen) atoms. The molecule has 3 aliphatic rings. The number of ketones is 1. The molecule has 1 atom stereocenters. The molecule has 2 aliphatic heterocycles. The number of nitro benzene ring substituents is 1. The summed E-state index contributed by atoms with van der Waals surface area (Å²) in [7, 11) is 0. The molecule has 0 saturated heterocycles. The highest BCUT2D eigenvalue weighted by Gasteiger charge is 2.48. The molecule has 1 aromatic rings. The Labute approximate surface area is 149 Å². The normalized spacial score (nSPS) is 24.0. The van der Waals surface area contributed by atoms with Crippen molar-refractivity contribution >= 4 is 17.4 Å². The summed E-state index contributed by atoms with van der Waals surface area (Å²) < 4.78 is 5.16. The van der Waals surface area contributed by atoms with Crippen LogP contribution in [0, 0.1) is 15.5 Å². The minimum Gasteiger partial charge on any atom is -0.456 e. The van der Waals surface area contributed by atoms with E-state index in [1.807, 2.05) is 13.8 Å². The van der Waals surface area contributed by atoms with Gasteiger partial charge >= 0.3 is 5.97 Å². The van der Waals surface area contributed by atoms with E-state index in [1.165, 1.54) is 6.07 Å². The van der Waals surface area contributed by atoms with Gasteiger partial charge < -0.3 is 10.1 Å². The van der Waals surface area contributed by atoms with Gasteiger partial charge in [-0.15, -0.1) is 0 Å². The van der Waals surface area contributed by atoms with Crippen LogP contribution in [0.4, 0.5) is 5.69 Å². The zero-order valence-electron chi connectivity index (χ0n) is 14.5. The van der Waals surface area contributed by atoms with Crippen molar-refractivity contribution in [3.63, 3.8) is 0 Å². The van der Waals surface area contributed by atoms with Crippen molar-refractivity contribution in [2.75, 3.05) is 6.61 Å². The van der Waals surface area contributed by atoms with Gasteiger partial charge in [-0.1, -0.05) is 32.0 Å². The Balaban J connectivity index is 1.97. The second-order valence-electron chi connectivity index (χ2n) is 7.45. The van der Waals surface area contributed by atoms with Crippen molar-refractivity contribution in [1.82, 2.24) is 5.32 Å². The van der Waals surface area contributed by atoms with Crippen LogP contribution in [0.1, 0.15) is 38.2 Å². The molecule has 7 nitrogen and oxygen atoms in total. The maximum Gasteiger partial charge on any atom is 0.337 e. The summed E-state index contributed by atoms with van der Waals surface area (Å²) in [6.07, 6.45) is 1.33. The minimum absolute atomic E-state index is 0.0827. The lowest BCUT2D eigenvalue weighted by atomic mass is 9.67. The molecule has 4 rings (SSSR count). The summed E-state index contributed by atoms with van der Waals surface area (Å²) in [5.74, 6) is -1.39. The molecular weight excluding hydrogens is 336 g/mol. The highest BCUT2D eigenvalue weighted by Crippen LogP contribution is 2.49. The van der Waals surface area contributed by atoms with Gasteiger partial charge in [-0.3, -0.25) is 14.9 Å². The van der Waals surface area contributed by atoms with Crippen LogP contribution in [0.15, 0.2) is 46.8 Å². The molecule has 1 N–H and O–H groups in total. The summed E-state index contributed by atoms with van der Waals surface area (Å²) in [5, 5.41) is 14.8. The number of rotatable bonds is 2. The summed E-state index contributed by atoms with van der Waals surface area (Å²) in [4.78, 5) is 36.7. The summed E-state index contributed by atoms with van der Waals surface area (Å²) >= 11 is 0. The number of ether oxygens (including phenoxy) is 1. The Morgan fingerprint density at radius 3 is 2.65 bits per heavy atom. The lowest BCUT2D eigenvalue weighted by molar-refractivity contribution is -0.385. The van der Waals surface area contributed by atoms with Gasteiger partial charge in [0.15, 0.2) is 5.78 Å². The van der Waals surface area contributed by atoms with E-state index in [4.69, 9.17) is 4.74 Å². The molecule has 0 amide bonds. The highest BCUT2D eigenvalue weighted by molar-refractivity contribution is 6.07. The molecule has 0 aromatic heterocycles. The van der Waals surface area contributed by atoms with Crippen molar-refractivity contribution in [2.45, 2.75) is 32.6 Å². The number of carbonyl (C=O) groups is 2. The van der Waals surface area contributed by atoms with Crippen LogP contribution in [-0.2, 0) is 14.3 Å². The molecule has 2 heterocycles. The first-order chi connectivity index (χ1) is 12.3. The number of hydrogen-bond donors (Lipinski definition) is 1. The van der Waals surface area contributed by atoms with E-state index in [0.29, 0.717) is 35.2 Å². The van der Waals surface area contributed by atoms with Crippen molar-refractivity contribution in [2.24, 2.45) is 5.41 Å². The molecule has 1 aromatic carbocycles. The fourth-order valence-corrected chi connectivity index (χ4v) is 3.97. The Morgan fingerprint density at radius 2 is 1.92 bits per heavy atom. The largest absolute Gasteiger partial charge is 0.456 e. The number of hydrogen-bond acceptors (Lipinski definition) is 6. The van der Waals surface area contributed by atoms with Crippen molar-refractivity contribution in [1.29, 1.82) is 0 Å². The Morgan fingerprint density at radius 1 is 1.19 bits per heavy atom. The van der Waals surface area contributed by atoms with Gasteiger partial charge in [0.25, 0.3) is 5.69 Å². The van der Waals surface area contributed by atoms with Gasteiger partial charge in [0.2, 0.25) is 0 Å². The number of nitro groups is 1. The number of benzene rings is 1. The van der Waals surface area contributed by atoms with E-state index in [1.54, 1.807) is 18.2 Å². The van der Waals surface area contributed by atoms with Crippen LogP contribution in [0.5, 0.6) is 0 Å². The molecule has 7 heteroatoms. The zero-order chi connectivity index (χ0) is 18.6. The second-order valence-corrected chi connectivity index (χ2v) is 7.45. The Bertz CT molecular complexity index is 926. The Kier molecular flexibility index (Phi) is 3.50. The van der Waals surface area contributed by atoms with Gasteiger partial charge in [0.05, 0.1) is 22.1 Å². The third-order valence-electron chi connectivity index (χ3n) is 5.40. The van der Waals surface area contributed by atoms with Gasteiger partial charge in [0.1, 0.15) is 6.61 Å². The minimum atomic E-state index is -0.773. The number of para-hydroxylation sites is 1. The lowest BCUT2D eigenvalue weighted by Crippen LogP contribution is -2.39. The number of dihydropyridines is 1. The van der Waals surface area contributed by atoms with Crippen LogP contribution in [0.25, 0.3) is 0 Å². The van der Waals surface area contributed by atoms with Gasteiger partial charge in [-0.25, -0.2) is 4.79 Å². The number of esters is 1. The first-order valence-corrected chi connectivity index (χ1v) is 8.49. The first-order valence-electron chi connectivity index (χ1n) is 8.49. The lowest BCUT2D eigenvalue weighted by Gasteiger charge is -2.38. The van der Waals surface area contributed by atoms with E-state index < -0.39 is 22.2 Å². The number of nitrogens with zero attached hydrogens (tertiary/aromatic N) is 1. The number of cyclic esters (lactones) is 1. The molecule has 0 fully saturated rings. The quantitative estimate of drug-likeness (QED) is 0.498. The second kappa shape index (κ2) is 5.52. The van der Waals surface area contributed by atoms with Crippen LogP contribution in [-0.4, -0.2) is 23.3 Å². The average Bonchev–Trinajstić information content (AvgIpc) is 2.98. The zero-order valence-corrected chi connectivity index (χ0v) is 14.5. The third-order valence-corrected chi connectivity index (χ3v) is 5.40. The van der Waals surface area contributed by atoms with E-state index >= 15 is 0 Å². The predicted octanol–water partition coefficient (Wildman–Crippen LogP) is 2.74. The predicted molar refractivity (Wildman–Crippen MR) is 92.0 cm³/mol. The smallest absolute Gasteiger partial charge is 0.337 e. The number of allylic oxidation sites excluding steroid dienone is 2. The topological polar surface area (TPSA) is 98.5 Å². The van der Waals surface area contributed by atoms with Gasteiger partial charge in [-0.05, 0) is 12.8 Å². The van der Waals surface area contributed by atoms with Gasteiger partial charge in [0, 0.05) is 28.3 Å².